The van der Waals surface area contributed by atoms with Crippen molar-refractivity contribution in [3.63, 3.8) is 0 Å². The molecule has 12 rings (SSSR count). The van der Waals surface area contributed by atoms with E-state index in [1.54, 1.807) is 0 Å². The van der Waals surface area contributed by atoms with E-state index in [4.69, 9.17) is 0 Å². The maximum absolute atomic E-state index is 2.45. The molecule has 0 amide bonds. The van der Waals surface area contributed by atoms with Crippen LogP contribution >= 0.6 is 11.3 Å². The number of hydrogen-bond acceptors (Lipinski definition) is 1. The van der Waals surface area contributed by atoms with Gasteiger partial charge in [-0.3, -0.25) is 0 Å². The van der Waals surface area contributed by atoms with Gasteiger partial charge in [-0.2, -0.15) is 0 Å². The Bertz CT molecular complexity index is 3510. The molecule has 9 aromatic carbocycles. The van der Waals surface area contributed by atoms with Gasteiger partial charge in [-0.05, 0) is 106 Å². The second-order valence-corrected chi connectivity index (χ2v) is 16.0. The third kappa shape index (κ3) is 4.96. The number of benzene rings is 9. The standard InChI is InChI=1S/C54H34N2S/c1-3-14-35(15-4-1)40-18-7-8-19-41(40)44-22-13-25-53-54(44)47-34-39(28-31-52(47)57-53)56-49-24-12-10-21-43(49)46-33-37(27-30-51(46)56)36-26-29-50-45(32-36)42-20-9-11-23-48(42)55(50)38-16-5-2-6-17-38/h1-34H. The van der Waals surface area contributed by atoms with Crippen molar-refractivity contribution in [2.75, 3.05) is 0 Å². The van der Waals surface area contributed by atoms with Gasteiger partial charge in [-0.25, -0.2) is 0 Å². The van der Waals surface area contributed by atoms with Crippen LogP contribution in [0.1, 0.15) is 0 Å². The third-order valence-electron chi connectivity index (χ3n) is 11.7. The fourth-order valence-electron chi connectivity index (χ4n) is 9.20. The smallest absolute Gasteiger partial charge is 0.0541 e. The summed E-state index contributed by atoms with van der Waals surface area (Å²) in [6.07, 6.45) is 0. The predicted molar refractivity (Wildman–Crippen MR) is 244 cm³/mol. The first kappa shape index (κ1) is 32.1. The molecule has 0 saturated heterocycles. The molecule has 0 radical (unpaired) electrons. The number of rotatable bonds is 5. The first-order valence-electron chi connectivity index (χ1n) is 19.5. The van der Waals surface area contributed by atoms with Crippen molar-refractivity contribution >= 4 is 75.1 Å². The molecular weight excluding hydrogens is 709 g/mol. The number of para-hydroxylation sites is 3. The molecule has 57 heavy (non-hydrogen) atoms. The predicted octanol–water partition coefficient (Wildman–Crippen LogP) is 15.2. The van der Waals surface area contributed by atoms with Crippen LogP contribution < -0.4 is 0 Å². The van der Waals surface area contributed by atoms with Crippen LogP contribution in [0.3, 0.4) is 0 Å². The lowest BCUT2D eigenvalue weighted by molar-refractivity contribution is 1.18. The third-order valence-corrected chi connectivity index (χ3v) is 12.9. The highest BCUT2D eigenvalue weighted by atomic mass is 32.1. The Morgan fingerprint density at radius 3 is 1.51 bits per heavy atom. The van der Waals surface area contributed by atoms with Gasteiger partial charge in [0.15, 0.2) is 0 Å². The van der Waals surface area contributed by atoms with Crippen LogP contribution in [0.15, 0.2) is 206 Å². The molecule has 12 aromatic rings. The summed E-state index contributed by atoms with van der Waals surface area (Å²) in [4.78, 5) is 0. The summed E-state index contributed by atoms with van der Waals surface area (Å²) < 4.78 is 7.43. The molecule has 0 spiro atoms. The Kier molecular flexibility index (Phi) is 7.13. The highest BCUT2D eigenvalue weighted by Crippen LogP contribution is 2.44. The molecule has 2 nitrogen and oxygen atoms in total. The van der Waals surface area contributed by atoms with Crippen LogP contribution in [-0.4, -0.2) is 9.13 Å². The number of hydrogen-bond donors (Lipinski definition) is 0. The molecule has 3 heterocycles. The Morgan fingerprint density at radius 2 is 0.825 bits per heavy atom. The molecule has 266 valence electrons. The zero-order valence-electron chi connectivity index (χ0n) is 30.9. The lowest BCUT2D eigenvalue weighted by atomic mass is 9.92. The van der Waals surface area contributed by atoms with E-state index in [1.165, 1.54) is 109 Å². The summed E-state index contributed by atoms with van der Waals surface area (Å²) in [7, 11) is 0. The molecule has 3 aromatic heterocycles. The van der Waals surface area contributed by atoms with Crippen LogP contribution in [0.2, 0.25) is 0 Å². The van der Waals surface area contributed by atoms with Crippen LogP contribution in [0.5, 0.6) is 0 Å². The van der Waals surface area contributed by atoms with Crippen LogP contribution in [0.4, 0.5) is 0 Å². The normalized spacial score (nSPS) is 11.9. The molecule has 0 aliphatic rings. The van der Waals surface area contributed by atoms with Crippen LogP contribution in [0.25, 0.3) is 109 Å². The highest BCUT2D eigenvalue weighted by Gasteiger charge is 2.19. The summed E-state index contributed by atoms with van der Waals surface area (Å²) in [6, 6.07) is 75.6. The summed E-state index contributed by atoms with van der Waals surface area (Å²) in [6.45, 7) is 0. The van der Waals surface area contributed by atoms with E-state index in [0.29, 0.717) is 0 Å². The number of fused-ring (bicyclic) bond motifs is 9. The van der Waals surface area contributed by atoms with Gasteiger partial charge in [-0.15, -0.1) is 11.3 Å². The fourth-order valence-corrected chi connectivity index (χ4v) is 10.3. The van der Waals surface area contributed by atoms with Gasteiger partial charge in [0, 0.05) is 53.1 Å². The lowest BCUT2D eigenvalue weighted by Crippen LogP contribution is -1.93. The number of aromatic nitrogens is 2. The van der Waals surface area contributed by atoms with E-state index in [0.717, 1.165) is 0 Å². The Balaban J connectivity index is 1.03. The second kappa shape index (κ2) is 12.7. The van der Waals surface area contributed by atoms with Crippen molar-refractivity contribution in [2.45, 2.75) is 0 Å². The molecule has 0 unspecified atom stereocenters. The Morgan fingerprint density at radius 1 is 0.281 bits per heavy atom. The molecule has 0 saturated carbocycles. The van der Waals surface area contributed by atoms with Crippen LogP contribution in [-0.2, 0) is 0 Å². The van der Waals surface area contributed by atoms with E-state index in [2.05, 4.69) is 215 Å². The minimum atomic E-state index is 1.17. The number of nitrogens with zero attached hydrogens (tertiary/aromatic N) is 2. The Hall–Kier alpha value is -7.20. The van der Waals surface area contributed by atoms with Gasteiger partial charge in [0.1, 0.15) is 0 Å². The average Bonchev–Trinajstić information content (AvgIpc) is 3.94. The zero-order valence-corrected chi connectivity index (χ0v) is 31.7. The van der Waals surface area contributed by atoms with Gasteiger partial charge < -0.3 is 9.13 Å². The van der Waals surface area contributed by atoms with E-state index in [-0.39, 0.29) is 0 Å². The quantitative estimate of drug-likeness (QED) is 0.166. The monoisotopic (exact) mass is 742 g/mol. The molecule has 0 N–H and O–H groups in total. The van der Waals surface area contributed by atoms with E-state index >= 15 is 0 Å². The summed E-state index contributed by atoms with van der Waals surface area (Å²) in [5.41, 5.74) is 14.6. The fraction of sp³-hybridized carbons (Fsp3) is 0. The van der Waals surface area contributed by atoms with E-state index in [1.807, 2.05) is 11.3 Å². The summed E-state index contributed by atoms with van der Waals surface area (Å²) in [5, 5.41) is 7.63. The molecule has 0 aliphatic carbocycles. The first-order chi connectivity index (χ1) is 28.3. The molecule has 0 fully saturated rings. The van der Waals surface area contributed by atoms with Crippen molar-refractivity contribution in [3.05, 3.63) is 206 Å². The largest absolute Gasteiger partial charge is 0.309 e. The zero-order chi connectivity index (χ0) is 37.5. The van der Waals surface area contributed by atoms with Gasteiger partial charge in [-0.1, -0.05) is 133 Å². The van der Waals surface area contributed by atoms with Crippen molar-refractivity contribution in [2.24, 2.45) is 0 Å². The van der Waals surface area contributed by atoms with Crippen molar-refractivity contribution in [1.29, 1.82) is 0 Å². The SMILES string of the molecule is c1ccc(-c2ccccc2-c2cccc3sc4ccc(-n5c6ccccc6c6cc(-c7ccc8c(c7)c7ccccc7n8-c7ccccc7)ccc65)cc4c23)cc1. The van der Waals surface area contributed by atoms with Gasteiger partial charge in [0.05, 0.1) is 22.1 Å². The Labute approximate surface area is 333 Å². The van der Waals surface area contributed by atoms with Crippen LogP contribution in [0, 0.1) is 0 Å². The molecule has 0 atom stereocenters. The van der Waals surface area contributed by atoms with Crippen molar-refractivity contribution < 1.29 is 0 Å². The highest BCUT2D eigenvalue weighted by molar-refractivity contribution is 7.26. The summed E-state index contributed by atoms with van der Waals surface area (Å²) in [5.74, 6) is 0. The van der Waals surface area contributed by atoms with E-state index in [9.17, 15) is 0 Å². The van der Waals surface area contributed by atoms with Gasteiger partial charge in [0.25, 0.3) is 0 Å². The first-order valence-corrected chi connectivity index (χ1v) is 20.3. The lowest BCUT2D eigenvalue weighted by Gasteiger charge is -2.12. The molecule has 0 aliphatic heterocycles. The maximum Gasteiger partial charge on any atom is 0.0541 e. The van der Waals surface area contributed by atoms with Crippen molar-refractivity contribution in [3.8, 4) is 44.8 Å². The maximum atomic E-state index is 2.45. The minimum Gasteiger partial charge on any atom is -0.309 e. The molecule has 3 heteroatoms. The van der Waals surface area contributed by atoms with Gasteiger partial charge >= 0.3 is 0 Å². The second-order valence-electron chi connectivity index (χ2n) is 14.9. The topological polar surface area (TPSA) is 9.86 Å². The summed E-state index contributed by atoms with van der Waals surface area (Å²) >= 11 is 1.88. The van der Waals surface area contributed by atoms with Crippen molar-refractivity contribution in [1.82, 2.24) is 9.13 Å². The average molecular weight is 743 g/mol. The van der Waals surface area contributed by atoms with Gasteiger partial charge in [0.2, 0.25) is 0 Å². The van der Waals surface area contributed by atoms with E-state index < -0.39 is 0 Å². The molecular formula is C54H34N2S. The number of thiophene rings is 1. The minimum absolute atomic E-state index is 1.17. The molecule has 0 bridgehead atoms.